The maximum atomic E-state index is 12.8. The zero-order valence-corrected chi connectivity index (χ0v) is 19.6. The Kier molecular flexibility index (Phi) is 7.63. The van der Waals surface area contributed by atoms with Gasteiger partial charge in [-0.15, -0.1) is 0 Å². The smallest absolute Gasteiger partial charge is 0.323 e. The first-order valence-corrected chi connectivity index (χ1v) is 12.0. The van der Waals surface area contributed by atoms with Crippen molar-refractivity contribution in [2.75, 3.05) is 10.6 Å². The number of carbonyl (C=O) groups is 2. The fraction of sp³-hybridized carbons (Fsp3) is 0.310. The van der Waals surface area contributed by atoms with Crippen LogP contribution in [0.3, 0.4) is 0 Å². The number of rotatable bonds is 7. The van der Waals surface area contributed by atoms with E-state index in [9.17, 15) is 9.59 Å². The summed E-state index contributed by atoms with van der Waals surface area (Å²) in [5.74, 6) is 0.117. The van der Waals surface area contributed by atoms with Crippen LogP contribution in [0.25, 0.3) is 0 Å². The van der Waals surface area contributed by atoms with Crippen molar-refractivity contribution < 1.29 is 14.7 Å². The number of hydrogen-bond donors (Lipinski definition) is 3. The van der Waals surface area contributed by atoms with Crippen molar-refractivity contribution in [3.8, 4) is 0 Å². The second-order valence-corrected chi connectivity index (χ2v) is 9.22. The number of aryl methyl sites for hydroxylation is 2. The van der Waals surface area contributed by atoms with E-state index in [-0.39, 0.29) is 12.5 Å². The highest BCUT2D eigenvalue weighted by atomic mass is 16.4. The molecule has 5 heteroatoms. The lowest BCUT2D eigenvalue weighted by Gasteiger charge is -2.30. The van der Waals surface area contributed by atoms with Crippen molar-refractivity contribution >= 4 is 23.4 Å². The topological polar surface area (TPSA) is 78.4 Å². The molecule has 0 unspecified atom stereocenters. The Morgan fingerprint density at radius 2 is 1.53 bits per heavy atom. The van der Waals surface area contributed by atoms with Gasteiger partial charge in [0.15, 0.2) is 0 Å². The first-order valence-electron chi connectivity index (χ1n) is 12.0. The van der Waals surface area contributed by atoms with E-state index in [0.717, 1.165) is 53.7 Å². The quantitative estimate of drug-likeness (QED) is 0.355. The molecule has 5 nitrogen and oxygen atoms in total. The maximum Gasteiger partial charge on any atom is 0.323 e. The van der Waals surface area contributed by atoms with Gasteiger partial charge in [-0.2, -0.15) is 0 Å². The number of carboxylic acids is 1. The average Bonchev–Trinajstić information content (AvgIpc) is 2.85. The van der Waals surface area contributed by atoms with Crippen LogP contribution in [0.4, 0.5) is 16.2 Å². The lowest BCUT2D eigenvalue weighted by Crippen LogP contribution is -2.21. The first kappa shape index (κ1) is 23.6. The molecule has 4 rings (SSSR count). The molecule has 3 N–H and O–H groups in total. The standard InChI is InChI=1S/C29H32N2O3/c1-20-7-15-25(16-8-20)30-29(34)31-27-19-21(10-18-28(32)33)9-17-26(27)24-13-11-23(12-14-24)22-5-3-2-4-6-22/h2-9,15-17,19,23-24H,10-14,18H2,1H3,(H,32,33)(H2,30,31,34). The van der Waals surface area contributed by atoms with Crippen molar-refractivity contribution in [3.63, 3.8) is 0 Å². The van der Waals surface area contributed by atoms with Crippen molar-refractivity contribution in [1.82, 2.24) is 0 Å². The summed E-state index contributed by atoms with van der Waals surface area (Å²) >= 11 is 0. The molecule has 2 amide bonds. The highest BCUT2D eigenvalue weighted by Crippen LogP contribution is 2.42. The number of benzene rings is 3. The Morgan fingerprint density at radius 1 is 0.853 bits per heavy atom. The molecule has 1 aliphatic carbocycles. The van der Waals surface area contributed by atoms with E-state index in [1.807, 2.05) is 43.3 Å². The van der Waals surface area contributed by atoms with Crippen molar-refractivity contribution in [2.24, 2.45) is 0 Å². The van der Waals surface area contributed by atoms with Crippen LogP contribution in [0.1, 0.15) is 66.2 Å². The summed E-state index contributed by atoms with van der Waals surface area (Å²) in [5, 5.41) is 15.0. The average molecular weight is 457 g/mol. The minimum absolute atomic E-state index is 0.0660. The zero-order chi connectivity index (χ0) is 23.9. The van der Waals surface area contributed by atoms with Gasteiger partial charge in [-0.1, -0.05) is 60.2 Å². The molecule has 0 aromatic heterocycles. The van der Waals surface area contributed by atoms with E-state index >= 15 is 0 Å². The molecule has 0 radical (unpaired) electrons. The van der Waals surface area contributed by atoms with Gasteiger partial charge in [0.2, 0.25) is 0 Å². The summed E-state index contributed by atoms with van der Waals surface area (Å²) in [5.41, 5.74) is 6.08. The van der Waals surface area contributed by atoms with E-state index < -0.39 is 5.97 Å². The minimum Gasteiger partial charge on any atom is -0.481 e. The third kappa shape index (κ3) is 6.25. The summed E-state index contributed by atoms with van der Waals surface area (Å²) in [6.07, 6.45) is 4.85. The fourth-order valence-corrected chi connectivity index (χ4v) is 4.86. The third-order valence-corrected chi connectivity index (χ3v) is 6.74. The molecule has 34 heavy (non-hydrogen) atoms. The molecular formula is C29H32N2O3. The number of hydrogen-bond acceptors (Lipinski definition) is 2. The Bertz CT molecular complexity index is 1120. The van der Waals surface area contributed by atoms with E-state index in [1.165, 1.54) is 5.56 Å². The van der Waals surface area contributed by atoms with Gasteiger partial charge in [-0.05, 0) is 85.8 Å². The monoisotopic (exact) mass is 456 g/mol. The molecule has 176 valence electrons. The summed E-state index contributed by atoms with van der Waals surface area (Å²) in [6.45, 7) is 2.01. The third-order valence-electron chi connectivity index (χ3n) is 6.74. The van der Waals surface area contributed by atoms with E-state index in [1.54, 1.807) is 0 Å². The number of nitrogens with one attached hydrogen (secondary N) is 2. The molecule has 0 bridgehead atoms. The van der Waals surface area contributed by atoms with Crippen LogP contribution >= 0.6 is 0 Å². The largest absolute Gasteiger partial charge is 0.481 e. The Balaban J connectivity index is 1.49. The fourth-order valence-electron chi connectivity index (χ4n) is 4.86. The van der Waals surface area contributed by atoms with Crippen molar-refractivity contribution in [3.05, 3.63) is 95.1 Å². The molecule has 3 aromatic carbocycles. The van der Waals surface area contributed by atoms with Gasteiger partial charge in [0.25, 0.3) is 0 Å². The van der Waals surface area contributed by atoms with Gasteiger partial charge >= 0.3 is 12.0 Å². The van der Waals surface area contributed by atoms with Crippen LogP contribution in [0, 0.1) is 6.92 Å². The molecule has 1 fully saturated rings. The lowest BCUT2D eigenvalue weighted by atomic mass is 9.75. The number of carbonyl (C=O) groups excluding carboxylic acids is 1. The summed E-state index contributed by atoms with van der Waals surface area (Å²) in [6, 6.07) is 24.1. The molecule has 1 saturated carbocycles. The first-order chi connectivity index (χ1) is 16.5. The van der Waals surface area contributed by atoms with E-state index in [2.05, 4.69) is 47.0 Å². The molecule has 0 heterocycles. The Hall–Kier alpha value is -3.60. The van der Waals surface area contributed by atoms with Gasteiger partial charge in [0.1, 0.15) is 0 Å². The van der Waals surface area contributed by atoms with Crippen LogP contribution in [0.15, 0.2) is 72.8 Å². The summed E-state index contributed by atoms with van der Waals surface area (Å²) < 4.78 is 0. The van der Waals surface area contributed by atoms with Gasteiger partial charge in [0.05, 0.1) is 0 Å². The predicted octanol–water partition coefficient (Wildman–Crippen LogP) is 7.10. The Labute approximate surface area is 201 Å². The van der Waals surface area contributed by atoms with E-state index in [0.29, 0.717) is 18.3 Å². The molecule has 0 saturated heterocycles. The van der Waals surface area contributed by atoms with Crippen LogP contribution in [-0.2, 0) is 11.2 Å². The van der Waals surface area contributed by atoms with Crippen LogP contribution in [-0.4, -0.2) is 17.1 Å². The van der Waals surface area contributed by atoms with Gasteiger partial charge < -0.3 is 15.7 Å². The number of aliphatic carboxylic acids is 1. The number of anilines is 2. The number of urea groups is 1. The van der Waals surface area contributed by atoms with Crippen LogP contribution in [0.2, 0.25) is 0 Å². The minimum atomic E-state index is -0.824. The van der Waals surface area contributed by atoms with Gasteiger partial charge in [-0.3, -0.25) is 4.79 Å². The molecule has 0 spiro atoms. The van der Waals surface area contributed by atoms with E-state index in [4.69, 9.17) is 5.11 Å². The molecule has 1 aliphatic rings. The highest BCUT2D eigenvalue weighted by molar-refractivity contribution is 6.00. The molecule has 0 aliphatic heterocycles. The van der Waals surface area contributed by atoms with Crippen LogP contribution < -0.4 is 10.6 Å². The summed E-state index contributed by atoms with van der Waals surface area (Å²) in [4.78, 5) is 23.8. The Morgan fingerprint density at radius 3 is 2.21 bits per heavy atom. The second-order valence-electron chi connectivity index (χ2n) is 9.22. The van der Waals surface area contributed by atoms with Gasteiger partial charge in [0, 0.05) is 17.8 Å². The SMILES string of the molecule is Cc1ccc(NC(=O)Nc2cc(CCC(=O)O)ccc2C2CCC(c3ccccc3)CC2)cc1. The molecule has 3 aromatic rings. The predicted molar refractivity (Wildman–Crippen MR) is 137 cm³/mol. The zero-order valence-electron chi connectivity index (χ0n) is 19.6. The van der Waals surface area contributed by atoms with Crippen molar-refractivity contribution in [1.29, 1.82) is 0 Å². The maximum absolute atomic E-state index is 12.8. The number of amides is 2. The van der Waals surface area contributed by atoms with Gasteiger partial charge in [-0.25, -0.2) is 4.79 Å². The number of carboxylic acid groups (broad SMARTS) is 1. The normalized spacial score (nSPS) is 17.7. The lowest BCUT2D eigenvalue weighted by molar-refractivity contribution is -0.136. The van der Waals surface area contributed by atoms with Crippen LogP contribution in [0.5, 0.6) is 0 Å². The summed E-state index contributed by atoms with van der Waals surface area (Å²) in [7, 11) is 0. The molecular weight excluding hydrogens is 424 g/mol. The van der Waals surface area contributed by atoms with Crippen molar-refractivity contribution in [2.45, 2.75) is 57.3 Å². The second kappa shape index (κ2) is 11.0. The highest BCUT2D eigenvalue weighted by Gasteiger charge is 2.25. The molecule has 0 atom stereocenters.